The molecule has 1 heterocycles. The maximum Gasteiger partial charge on any atom is 0.271 e. The molecule has 0 aromatic carbocycles. The van der Waals surface area contributed by atoms with E-state index >= 15 is 0 Å². The van der Waals surface area contributed by atoms with Crippen LogP contribution in [0.5, 0.6) is 0 Å². The van der Waals surface area contributed by atoms with Crippen molar-refractivity contribution in [3.05, 3.63) is 35.8 Å². The normalized spacial score (nSPS) is 14.9. The number of nitrogens with one attached hydrogen (secondary N) is 2. The van der Waals surface area contributed by atoms with Crippen molar-refractivity contribution in [2.45, 2.75) is 39.2 Å². The van der Waals surface area contributed by atoms with Crippen LogP contribution in [0, 0.1) is 17.2 Å². The summed E-state index contributed by atoms with van der Waals surface area (Å²) < 4.78 is 0. The fourth-order valence-corrected chi connectivity index (χ4v) is 2.08. The van der Waals surface area contributed by atoms with Crippen LogP contribution in [0.25, 0.3) is 0 Å². The SMILES string of the molecule is C=N/C(=N\C=C(/C)C(=O)Nc1ccnc(C(=O)NC(C)(C)C#N)c1)C1CC1. The second kappa shape index (κ2) is 8.36. The van der Waals surface area contributed by atoms with Gasteiger partial charge in [0.1, 0.15) is 17.1 Å². The largest absolute Gasteiger partial charge is 0.333 e. The van der Waals surface area contributed by atoms with Crippen molar-refractivity contribution in [3.8, 4) is 6.07 Å². The molecular weight excluding hydrogens is 344 g/mol. The minimum Gasteiger partial charge on any atom is -0.333 e. The standard InChI is InChI=1S/C19H22N6O2/c1-12(10-23-16(21-4)13-5-6-13)17(26)24-14-7-8-22-15(9-14)18(27)25-19(2,3)11-20/h7-10,13H,4-6H2,1-3H3,(H,25,27)(H,22,24,26)/b12-10+,23-16-. The second-order valence-corrected chi connectivity index (χ2v) is 6.81. The van der Waals surface area contributed by atoms with Gasteiger partial charge in [0, 0.05) is 29.6 Å². The summed E-state index contributed by atoms with van der Waals surface area (Å²) in [6, 6.07) is 5.00. The number of nitriles is 1. The highest BCUT2D eigenvalue weighted by Gasteiger charge is 2.26. The summed E-state index contributed by atoms with van der Waals surface area (Å²) in [5, 5.41) is 14.3. The minimum absolute atomic E-state index is 0.0997. The Morgan fingerprint density at radius 2 is 2.15 bits per heavy atom. The Hall–Kier alpha value is -3.34. The fraction of sp³-hybridized carbons (Fsp3) is 0.368. The van der Waals surface area contributed by atoms with E-state index in [1.54, 1.807) is 26.8 Å². The molecular formula is C19H22N6O2. The third kappa shape index (κ3) is 5.85. The molecule has 27 heavy (non-hydrogen) atoms. The van der Waals surface area contributed by atoms with E-state index in [0.717, 1.165) is 12.8 Å². The quantitative estimate of drug-likeness (QED) is 0.456. The molecule has 8 heteroatoms. The molecule has 0 aliphatic heterocycles. The zero-order chi connectivity index (χ0) is 20.0. The molecule has 1 fully saturated rings. The lowest BCUT2D eigenvalue weighted by Gasteiger charge is -2.17. The number of aromatic nitrogens is 1. The topological polar surface area (TPSA) is 120 Å². The molecule has 1 aromatic heterocycles. The van der Waals surface area contributed by atoms with E-state index < -0.39 is 11.4 Å². The third-order valence-corrected chi connectivity index (χ3v) is 3.81. The summed E-state index contributed by atoms with van der Waals surface area (Å²) in [7, 11) is 0. The van der Waals surface area contributed by atoms with E-state index in [2.05, 4.69) is 32.3 Å². The summed E-state index contributed by atoms with van der Waals surface area (Å²) in [6.45, 7) is 8.30. The van der Waals surface area contributed by atoms with Gasteiger partial charge in [-0.05, 0) is 52.5 Å². The Morgan fingerprint density at radius 3 is 2.74 bits per heavy atom. The van der Waals surface area contributed by atoms with E-state index in [-0.39, 0.29) is 11.6 Å². The second-order valence-electron chi connectivity index (χ2n) is 6.81. The van der Waals surface area contributed by atoms with E-state index in [0.29, 0.717) is 23.0 Å². The van der Waals surface area contributed by atoms with Crippen LogP contribution >= 0.6 is 0 Å². The summed E-state index contributed by atoms with van der Waals surface area (Å²) in [5.74, 6) is 0.132. The highest BCUT2D eigenvalue weighted by atomic mass is 16.2. The fourth-order valence-electron chi connectivity index (χ4n) is 2.08. The number of rotatable bonds is 6. The zero-order valence-corrected chi connectivity index (χ0v) is 15.6. The van der Waals surface area contributed by atoms with Crippen LogP contribution < -0.4 is 10.6 Å². The highest BCUT2D eigenvalue weighted by molar-refractivity contribution is 6.04. The van der Waals surface area contributed by atoms with Crippen LogP contribution in [-0.2, 0) is 4.79 Å². The molecule has 0 radical (unpaired) electrons. The molecule has 2 amide bonds. The average molecular weight is 366 g/mol. The minimum atomic E-state index is -1.02. The Balaban J connectivity index is 2.06. The van der Waals surface area contributed by atoms with Crippen molar-refractivity contribution in [1.29, 1.82) is 5.26 Å². The van der Waals surface area contributed by atoms with Gasteiger partial charge < -0.3 is 10.6 Å². The number of carbonyl (C=O) groups excluding carboxylic acids is 2. The number of aliphatic imine (C=N–C) groups is 2. The van der Waals surface area contributed by atoms with Crippen molar-refractivity contribution in [1.82, 2.24) is 10.3 Å². The number of hydrogen-bond donors (Lipinski definition) is 2. The lowest BCUT2D eigenvalue weighted by atomic mass is 10.1. The molecule has 8 nitrogen and oxygen atoms in total. The Labute approximate surface area is 158 Å². The Kier molecular flexibility index (Phi) is 6.19. The first-order chi connectivity index (χ1) is 12.8. The number of amides is 2. The van der Waals surface area contributed by atoms with E-state index in [1.165, 1.54) is 18.5 Å². The van der Waals surface area contributed by atoms with Gasteiger partial charge in [0.2, 0.25) is 0 Å². The van der Waals surface area contributed by atoms with Crippen molar-refractivity contribution in [3.63, 3.8) is 0 Å². The van der Waals surface area contributed by atoms with Crippen LogP contribution in [-0.4, -0.2) is 34.9 Å². The van der Waals surface area contributed by atoms with Crippen LogP contribution in [0.4, 0.5) is 5.69 Å². The van der Waals surface area contributed by atoms with Gasteiger partial charge in [0.15, 0.2) is 0 Å². The lowest BCUT2D eigenvalue weighted by Crippen LogP contribution is -2.42. The summed E-state index contributed by atoms with van der Waals surface area (Å²) in [6.07, 6.45) is 4.96. The first-order valence-corrected chi connectivity index (χ1v) is 8.48. The van der Waals surface area contributed by atoms with Gasteiger partial charge >= 0.3 is 0 Å². The molecule has 0 spiro atoms. The molecule has 0 saturated heterocycles. The number of anilines is 1. The highest BCUT2D eigenvalue weighted by Crippen LogP contribution is 2.31. The number of hydrogen-bond acceptors (Lipinski definition) is 5. The van der Waals surface area contributed by atoms with E-state index in [4.69, 9.17) is 5.26 Å². The van der Waals surface area contributed by atoms with Gasteiger partial charge in [0.25, 0.3) is 11.8 Å². The monoisotopic (exact) mass is 366 g/mol. The van der Waals surface area contributed by atoms with Gasteiger partial charge in [-0.1, -0.05) is 0 Å². The van der Waals surface area contributed by atoms with Crippen LogP contribution in [0.2, 0.25) is 0 Å². The summed E-state index contributed by atoms with van der Waals surface area (Å²) in [4.78, 5) is 36.6. The maximum atomic E-state index is 12.3. The number of nitrogens with zero attached hydrogens (tertiary/aromatic N) is 4. The first-order valence-electron chi connectivity index (χ1n) is 8.48. The molecule has 2 N–H and O–H groups in total. The Morgan fingerprint density at radius 1 is 1.44 bits per heavy atom. The Bertz CT molecular complexity index is 859. The number of carbonyl (C=O) groups is 2. The number of pyridine rings is 1. The van der Waals surface area contributed by atoms with Gasteiger partial charge in [0.05, 0.1) is 6.07 Å². The van der Waals surface area contributed by atoms with Crippen molar-refractivity contribution < 1.29 is 9.59 Å². The van der Waals surface area contributed by atoms with E-state index in [1.807, 2.05) is 6.07 Å². The number of amidine groups is 1. The van der Waals surface area contributed by atoms with Gasteiger partial charge in [-0.3, -0.25) is 14.6 Å². The summed E-state index contributed by atoms with van der Waals surface area (Å²) >= 11 is 0. The van der Waals surface area contributed by atoms with Crippen molar-refractivity contribution in [2.24, 2.45) is 15.9 Å². The predicted molar refractivity (Wildman–Crippen MR) is 103 cm³/mol. The van der Waals surface area contributed by atoms with Crippen LogP contribution in [0.1, 0.15) is 44.1 Å². The molecule has 0 bridgehead atoms. The molecule has 1 aromatic rings. The maximum absolute atomic E-state index is 12.3. The van der Waals surface area contributed by atoms with Gasteiger partial charge in [-0.25, -0.2) is 9.98 Å². The molecule has 1 aliphatic rings. The predicted octanol–water partition coefficient (Wildman–Crippen LogP) is 2.46. The molecule has 1 saturated carbocycles. The first kappa shape index (κ1) is 20.0. The van der Waals surface area contributed by atoms with Gasteiger partial charge in [-0.2, -0.15) is 5.26 Å². The van der Waals surface area contributed by atoms with Gasteiger partial charge in [-0.15, -0.1) is 0 Å². The average Bonchev–Trinajstić information content (AvgIpc) is 3.47. The van der Waals surface area contributed by atoms with Crippen molar-refractivity contribution in [2.75, 3.05) is 5.32 Å². The molecule has 0 atom stereocenters. The summed E-state index contributed by atoms with van der Waals surface area (Å²) in [5.41, 5.74) is -0.114. The van der Waals surface area contributed by atoms with E-state index in [9.17, 15) is 9.59 Å². The van der Waals surface area contributed by atoms with Crippen LogP contribution in [0.15, 0.2) is 40.1 Å². The zero-order valence-electron chi connectivity index (χ0n) is 15.6. The lowest BCUT2D eigenvalue weighted by molar-refractivity contribution is -0.112. The third-order valence-electron chi connectivity index (χ3n) is 3.81. The molecule has 140 valence electrons. The smallest absolute Gasteiger partial charge is 0.271 e. The molecule has 0 unspecified atom stereocenters. The molecule has 1 aliphatic carbocycles. The van der Waals surface area contributed by atoms with Crippen molar-refractivity contribution >= 4 is 30.1 Å². The molecule has 2 rings (SSSR count). The van der Waals surface area contributed by atoms with Crippen LogP contribution in [0.3, 0.4) is 0 Å².